The van der Waals surface area contributed by atoms with Gasteiger partial charge in [0.15, 0.2) is 9.84 Å². The minimum atomic E-state index is -2.69. The van der Waals surface area contributed by atoms with Crippen LogP contribution in [0, 0.1) is 11.3 Å². The summed E-state index contributed by atoms with van der Waals surface area (Å²) in [6.45, 7) is 8.13. The summed E-state index contributed by atoms with van der Waals surface area (Å²) in [6, 6.07) is 0. The lowest BCUT2D eigenvalue weighted by molar-refractivity contribution is 0.232. The molecule has 1 atom stereocenters. The molecule has 2 heterocycles. The first-order chi connectivity index (χ1) is 8.49. The van der Waals surface area contributed by atoms with Crippen LogP contribution >= 0.6 is 0 Å². The summed E-state index contributed by atoms with van der Waals surface area (Å²) in [6.07, 6.45) is 5.84. The molecular weight excluding hydrogens is 246 g/mol. The largest absolute Gasteiger partial charge is 0.303 e. The molecule has 3 nitrogen and oxygen atoms in total. The molecule has 0 aliphatic carbocycles. The van der Waals surface area contributed by atoms with Crippen molar-refractivity contribution in [2.45, 2.75) is 46.0 Å². The van der Waals surface area contributed by atoms with E-state index in [0.717, 1.165) is 19.4 Å². The summed E-state index contributed by atoms with van der Waals surface area (Å²) in [5.74, 6) is 1.28. The van der Waals surface area contributed by atoms with Gasteiger partial charge in [-0.1, -0.05) is 13.8 Å². The highest BCUT2D eigenvalue weighted by Gasteiger charge is 2.35. The Balaban J connectivity index is 1.76. The van der Waals surface area contributed by atoms with Crippen molar-refractivity contribution < 1.29 is 8.42 Å². The lowest BCUT2D eigenvalue weighted by Crippen LogP contribution is -2.28. The minimum absolute atomic E-state index is 0.422. The highest BCUT2D eigenvalue weighted by molar-refractivity contribution is 7.91. The molecule has 1 unspecified atom stereocenters. The zero-order valence-corrected chi connectivity index (χ0v) is 12.6. The molecule has 4 heteroatoms. The smallest absolute Gasteiger partial charge is 0.150 e. The molecule has 0 aromatic carbocycles. The second-order valence-electron chi connectivity index (χ2n) is 6.29. The van der Waals surface area contributed by atoms with Crippen molar-refractivity contribution in [2.75, 3.05) is 31.1 Å². The SMILES string of the molecule is CCC1(CC)CCN(CCC2CCS(=O)(=O)C2)C1. The molecular formula is C14H27NO2S. The third-order valence-corrected chi connectivity index (χ3v) is 7.03. The molecule has 18 heavy (non-hydrogen) atoms. The second-order valence-corrected chi connectivity index (χ2v) is 8.52. The van der Waals surface area contributed by atoms with Gasteiger partial charge < -0.3 is 4.90 Å². The van der Waals surface area contributed by atoms with E-state index < -0.39 is 9.84 Å². The zero-order chi connectivity index (χ0) is 13.2. The van der Waals surface area contributed by atoms with E-state index in [1.54, 1.807) is 0 Å². The van der Waals surface area contributed by atoms with Crippen LogP contribution in [0.1, 0.15) is 46.0 Å². The number of nitrogens with zero attached hydrogens (tertiary/aromatic N) is 1. The Kier molecular flexibility index (Phi) is 4.37. The van der Waals surface area contributed by atoms with E-state index in [4.69, 9.17) is 0 Å². The lowest BCUT2D eigenvalue weighted by Gasteiger charge is -2.26. The highest BCUT2D eigenvalue weighted by atomic mass is 32.2. The van der Waals surface area contributed by atoms with Crippen LogP contribution in [-0.2, 0) is 9.84 Å². The number of rotatable bonds is 5. The van der Waals surface area contributed by atoms with E-state index >= 15 is 0 Å². The van der Waals surface area contributed by atoms with E-state index in [9.17, 15) is 8.42 Å². The molecule has 0 aromatic heterocycles. The van der Waals surface area contributed by atoms with Crippen molar-refractivity contribution in [3.8, 4) is 0 Å². The van der Waals surface area contributed by atoms with E-state index in [2.05, 4.69) is 18.7 Å². The fourth-order valence-electron chi connectivity index (χ4n) is 3.51. The molecule has 0 radical (unpaired) electrons. The molecule has 2 fully saturated rings. The topological polar surface area (TPSA) is 37.4 Å². The van der Waals surface area contributed by atoms with Crippen LogP contribution in [0.2, 0.25) is 0 Å². The molecule has 0 N–H and O–H groups in total. The predicted octanol–water partition coefficient (Wildman–Crippen LogP) is 2.32. The van der Waals surface area contributed by atoms with Gasteiger partial charge in [0.05, 0.1) is 11.5 Å². The van der Waals surface area contributed by atoms with Crippen LogP contribution in [0.15, 0.2) is 0 Å². The predicted molar refractivity (Wildman–Crippen MR) is 75.4 cm³/mol. The van der Waals surface area contributed by atoms with Crippen LogP contribution in [-0.4, -0.2) is 44.5 Å². The minimum Gasteiger partial charge on any atom is -0.303 e. The Hall–Kier alpha value is -0.0900. The van der Waals surface area contributed by atoms with Crippen molar-refractivity contribution in [3.63, 3.8) is 0 Å². The summed E-state index contributed by atoms with van der Waals surface area (Å²) < 4.78 is 22.8. The van der Waals surface area contributed by atoms with Gasteiger partial charge in [-0.05, 0) is 56.5 Å². The molecule has 2 aliphatic rings. The Morgan fingerprint density at radius 1 is 1.28 bits per heavy atom. The van der Waals surface area contributed by atoms with Crippen LogP contribution in [0.4, 0.5) is 0 Å². The number of hydrogen-bond acceptors (Lipinski definition) is 3. The normalized spacial score (nSPS) is 30.9. The van der Waals surface area contributed by atoms with Crippen molar-refractivity contribution in [1.29, 1.82) is 0 Å². The van der Waals surface area contributed by atoms with Crippen LogP contribution < -0.4 is 0 Å². The summed E-state index contributed by atoms with van der Waals surface area (Å²) in [5, 5.41) is 0. The quantitative estimate of drug-likeness (QED) is 0.771. The van der Waals surface area contributed by atoms with Crippen LogP contribution in [0.25, 0.3) is 0 Å². The first kappa shape index (κ1) is 14.3. The monoisotopic (exact) mass is 273 g/mol. The summed E-state index contributed by atoms with van der Waals surface area (Å²) >= 11 is 0. The highest BCUT2D eigenvalue weighted by Crippen LogP contribution is 2.37. The fourth-order valence-corrected chi connectivity index (χ4v) is 5.42. The molecule has 0 bridgehead atoms. The van der Waals surface area contributed by atoms with Crippen LogP contribution in [0.5, 0.6) is 0 Å². The third-order valence-electron chi connectivity index (χ3n) is 5.20. The van der Waals surface area contributed by atoms with E-state index in [0.29, 0.717) is 22.8 Å². The second kappa shape index (κ2) is 5.49. The van der Waals surface area contributed by atoms with E-state index in [1.165, 1.54) is 32.4 Å². The average molecular weight is 273 g/mol. The lowest BCUT2D eigenvalue weighted by atomic mass is 9.82. The van der Waals surface area contributed by atoms with E-state index in [-0.39, 0.29) is 0 Å². The molecule has 106 valence electrons. The number of hydrogen-bond donors (Lipinski definition) is 0. The third kappa shape index (κ3) is 3.27. The van der Waals surface area contributed by atoms with Gasteiger partial charge in [-0.3, -0.25) is 0 Å². The van der Waals surface area contributed by atoms with Gasteiger partial charge in [-0.2, -0.15) is 0 Å². The molecule has 0 aromatic rings. The first-order valence-electron chi connectivity index (χ1n) is 7.41. The summed E-state index contributed by atoms with van der Waals surface area (Å²) in [7, 11) is -2.69. The molecule has 0 saturated carbocycles. The summed E-state index contributed by atoms with van der Waals surface area (Å²) in [4.78, 5) is 2.55. The Bertz CT molecular complexity index is 373. The van der Waals surface area contributed by atoms with Gasteiger partial charge >= 0.3 is 0 Å². The fraction of sp³-hybridized carbons (Fsp3) is 1.00. The molecule has 2 aliphatic heterocycles. The Labute approximate surface area is 112 Å². The van der Waals surface area contributed by atoms with Gasteiger partial charge in [0.25, 0.3) is 0 Å². The Morgan fingerprint density at radius 3 is 2.50 bits per heavy atom. The standard InChI is InChI=1S/C14H27NO2S/c1-3-14(4-2)7-9-15(12-14)8-5-13-6-10-18(16,17)11-13/h13H,3-12H2,1-2H3. The van der Waals surface area contributed by atoms with Gasteiger partial charge in [0.2, 0.25) is 0 Å². The molecule has 0 spiro atoms. The van der Waals surface area contributed by atoms with Gasteiger partial charge in [0.1, 0.15) is 0 Å². The van der Waals surface area contributed by atoms with Gasteiger partial charge in [-0.15, -0.1) is 0 Å². The maximum atomic E-state index is 11.4. The Morgan fingerprint density at radius 2 is 2.00 bits per heavy atom. The van der Waals surface area contributed by atoms with Crippen molar-refractivity contribution in [1.82, 2.24) is 4.90 Å². The summed E-state index contributed by atoms with van der Waals surface area (Å²) in [5.41, 5.74) is 0.543. The van der Waals surface area contributed by atoms with Gasteiger partial charge in [-0.25, -0.2) is 8.42 Å². The van der Waals surface area contributed by atoms with Crippen molar-refractivity contribution in [3.05, 3.63) is 0 Å². The first-order valence-corrected chi connectivity index (χ1v) is 9.23. The van der Waals surface area contributed by atoms with E-state index in [1.807, 2.05) is 0 Å². The van der Waals surface area contributed by atoms with Crippen molar-refractivity contribution in [2.24, 2.45) is 11.3 Å². The zero-order valence-electron chi connectivity index (χ0n) is 11.8. The molecule has 0 amide bonds. The maximum absolute atomic E-state index is 11.4. The number of sulfone groups is 1. The number of likely N-dealkylation sites (tertiary alicyclic amines) is 1. The molecule has 2 saturated heterocycles. The van der Waals surface area contributed by atoms with Gasteiger partial charge in [0, 0.05) is 6.54 Å². The maximum Gasteiger partial charge on any atom is 0.150 e. The van der Waals surface area contributed by atoms with Crippen LogP contribution in [0.3, 0.4) is 0 Å². The average Bonchev–Trinajstić information content (AvgIpc) is 2.91. The van der Waals surface area contributed by atoms with Crippen molar-refractivity contribution >= 4 is 9.84 Å². The molecule has 2 rings (SSSR count).